The monoisotopic (exact) mass is 383 g/mol. The molecule has 120 valence electrons. The Labute approximate surface area is 144 Å². The minimum absolute atomic E-state index is 0.613. The van der Waals surface area contributed by atoms with Gasteiger partial charge in [-0.05, 0) is 35.8 Å². The first-order valence-electron chi connectivity index (χ1n) is 7.21. The molecule has 5 nitrogen and oxygen atoms in total. The number of aromatic nitrogens is 2. The second kappa shape index (κ2) is 7.78. The van der Waals surface area contributed by atoms with E-state index in [9.17, 15) is 0 Å². The van der Waals surface area contributed by atoms with Crippen molar-refractivity contribution < 1.29 is 0 Å². The Morgan fingerprint density at radius 3 is 2.86 bits per heavy atom. The van der Waals surface area contributed by atoms with Gasteiger partial charge in [-0.25, -0.2) is 9.98 Å². The Morgan fingerprint density at radius 1 is 1.55 bits per heavy atom. The van der Waals surface area contributed by atoms with Crippen LogP contribution in [-0.2, 0) is 20.1 Å². The maximum Gasteiger partial charge on any atom is 0.194 e. The Morgan fingerprint density at radius 2 is 2.32 bits per heavy atom. The summed E-state index contributed by atoms with van der Waals surface area (Å²) in [6.45, 7) is 6.40. The van der Waals surface area contributed by atoms with Gasteiger partial charge in [-0.15, -0.1) is 11.3 Å². The zero-order chi connectivity index (χ0) is 16.1. The quantitative estimate of drug-likeness (QED) is 0.636. The van der Waals surface area contributed by atoms with Crippen molar-refractivity contribution in [2.75, 3.05) is 13.6 Å². The number of halogens is 1. The number of hydrogen-bond acceptors (Lipinski definition) is 3. The summed E-state index contributed by atoms with van der Waals surface area (Å²) in [6, 6.07) is 2.13. The number of nitrogens with zero attached hydrogens (tertiary/aromatic N) is 4. The highest BCUT2D eigenvalue weighted by Gasteiger charge is 2.10. The number of rotatable bonds is 5. The standard InChI is InChI=1S/C15H22BrN5S/c1-5-17-15(19-8-14-18-7-11(2)22-14)21(4)10-13-6-12(16)9-20(13)3/h6-7,9H,5,8,10H2,1-4H3,(H,17,19). The Kier molecular flexibility index (Phi) is 6.02. The zero-order valence-electron chi connectivity index (χ0n) is 13.4. The summed E-state index contributed by atoms with van der Waals surface area (Å²) >= 11 is 5.21. The average Bonchev–Trinajstić information content (AvgIpc) is 3.00. The van der Waals surface area contributed by atoms with Crippen LogP contribution >= 0.6 is 27.3 Å². The van der Waals surface area contributed by atoms with E-state index in [0.717, 1.165) is 28.5 Å². The van der Waals surface area contributed by atoms with Crippen LogP contribution in [0.1, 0.15) is 22.5 Å². The van der Waals surface area contributed by atoms with E-state index in [4.69, 9.17) is 0 Å². The van der Waals surface area contributed by atoms with Gasteiger partial charge in [0.05, 0.1) is 13.1 Å². The zero-order valence-corrected chi connectivity index (χ0v) is 15.8. The third-order valence-electron chi connectivity index (χ3n) is 3.20. The molecule has 2 rings (SSSR count). The van der Waals surface area contributed by atoms with E-state index in [1.165, 1.54) is 10.6 Å². The molecule has 7 heteroatoms. The molecule has 0 atom stereocenters. The lowest BCUT2D eigenvalue weighted by Crippen LogP contribution is -2.38. The van der Waals surface area contributed by atoms with Crippen molar-refractivity contribution in [3.05, 3.63) is 38.5 Å². The van der Waals surface area contributed by atoms with Crippen molar-refractivity contribution in [2.24, 2.45) is 12.0 Å². The van der Waals surface area contributed by atoms with E-state index < -0.39 is 0 Å². The van der Waals surface area contributed by atoms with Crippen LogP contribution in [0.5, 0.6) is 0 Å². The van der Waals surface area contributed by atoms with Crippen LogP contribution in [0.15, 0.2) is 27.9 Å². The van der Waals surface area contributed by atoms with Crippen LogP contribution in [-0.4, -0.2) is 34.0 Å². The molecular formula is C15H22BrN5S. The summed E-state index contributed by atoms with van der Waals surface area (Å²) < 4.78 is 3.22. The SMILES string of the molecule is CCNC(=NCc1ncc(C)s1)N(C)Cc1cc(Br)cn1C. The largest absolute Gasteiger partial charge is 0.357 e. The molecule has 0 saturated heterocycles. The third kappa shape index (κ3) is 4.58. The van der Waals surface area contributed by atoms with Gasteiger partial charge in [0.25, 0.3) is 0 Å². The predicted octanol–water partition coefficient (Wildman–Crippen LogP) is 3.15. The topological polar surface area (TPSA) is 45.5 Å². The minimum Gasteiger partial charge on any atom is -0.357 e. The fraction of sp³-hybridized carbons (Fsp3) is 0.467. The smallest absolute Gasteiger partial charge is 0.194 e. The molecule has 0 aliphatic rings. The van der Waals surface area contributed by atoms with Crippen molar-refractivity contribution in [1.82, 2.24) is 19.8 Å². The van der Waals surface area contributed by atoms with Gasteiger partial charge in [0.1, 0.15) is 5.01 Å². The van der Waals surface area contributed by atoms with E-state index in [1.807, 2.05) is 6.20 Å². The fourth-order valence-electron chi connectivity index (χ4n) is 2.13. The average molecular weight is 384 g/mol. The molecule has 0 saturated carbocycles. The summed E-state index contributed by atoms with van der Waals surface area (Å²) in [5.41, 5.74) is 1.23. The summed E-state index contributed by atoms with van der Waals surface area (Å²) in [5.74, 6) is 0.896. The van der Waals surface area contributed by atoms with E-state index in [2.05, 4.69) is 80.9 Å². The number of hydrogen-bond donors (Lipinski definition) is 1. The highest BCUT2D eigenvalue weighted by Crippen LogP contribution is 2.15. The van der Waals surface area contributed by atoms with Crippen molar-refractivity contribution >= 4 is 33.2 Å². The molecule has 1 N–H and O–H groups in total. The van der Waals surface area contributed by atoms with E-state index in [-0.39, 0.29) is 0 Å². The molecule has 2 aromatic rings. The summed E-state index contributed by atoms with van der Waals surface area (Å²) in [7, 11) is 4.10. The van der Waals surface area contributed by atoms with Crippen molar-refractivity contribution in [3.8, 4) is 0 Å². The molecule has 0 aliphatic heterocycles. The first-order chi connectivity index (χ1) is 10.5. The van der Waals surface area contributed by atoms with Crippen molar-refractivity contribution in [2.45, 2.75) is 26.9 Å². The third-order valence-corrected chi connectivity index (χ3v) is 4.53. The number of nitrogens with one attached hydrogen (secondary N) is 1. The number of thiazole rings is 1. The first-order valence-corrected chi connectivity index (χ1v) is 8.82. The van der Waals surface area contributed by atoms with Crippen LogP contribution in [0.25, 0.3) is 0 Å². The van der Waals surface area contributed by atoms with Gasteiger partial charge < -0.3 is 14.8 Å². The van der Waals surface area contributed by atoms with Gasteiger partial charge in [0, 0.05) is 48.1 Å². The Hall–Kier alpha value is -1.34. The number of aliphatic imine (C=N–C) groups is 1. The highest BCUT2D eigenvalue weighted by atomic mass is 79.9. The molecule has 2 heterocycles. The van der Waals surface area contributed by atoms with Crippen molar-refractivity contribution in [3.63, 3.8) is 0 Å². The van der Waals surface area contributed by atoms with Gasteiger partial charge in [-0.2, -0.15) is 0 Å². The van der Waals surface area contributed by atoms with Crippen LogP contribution < -0.4 is 5.32 Å². The van der Waals surface area contributed by atoms with Gasteiger partial charge in [-0.1, -0.05) is 0 Å². The molecule has 0 aromatic carbocycles. The molecule has 2 aromatic heterocycles. The Bertz CT molecular complexity index is 646. The molecule has 0 fully saturated rings. The van der Waals surface area contributed by atoms with Gasteiger partial charge in [0.2, 0.25) is 0 Å². The molecular weight excluding hydrogens is 362 g/mol. The molecule has 0 unspecified atom stereocenters. The maximum absolute atomic E-state index is 4.69. The van der Waals surface area contributed by atoms with E-state index in [0.29, 0.717) is 6.54 Å². The van der Waals surface area contributed by atoms with Gasteiger partial charge >= 0.3 is 0 Å². The predicted molar refractivity (Wildman–Crippen MR) is 96.2 cm³/mol. The second-order valence-electron chi connectivity index (χ2n) is 5.15. The van der Waals surface area contributed by atoms with Crippen LogP contribution in [0.3, 0.4) is 0 Å². The molecule has 0 bridgehead atoms. The number of guanidine groups is 1. The summed E-state index contributed by atoms with van der Waals surface area (Å²) in [5, 5.41) is 4.38. The second-order valence-corrected chi connectivity index (χ2v) is 7.39. The lowest BCUT2D eigenvalue weighted by atomic mass is 10.4. The molecule has 0 radical (unpaired) electrons. The molecule has 0 aliphatic carbocycles. The molecule has 22 heavy (non-hydrogen) atoms. The van der Waals surface area contributed by atoms with Gasteiger partial charge in [0.15, 0.2) is 5.96 Å². The van der Waals surface area contributed by atoms with Crippen LogP contribution in [0, 0.1) is 6.92 Å². The van der Waals surface area contributed by atoms with Crippen LogP contribution in [0.2, 0.25) is 0 Å². The summed E-state index contributed by atoms with van der Waals surface area (Å²) in [6.07, 6.45) is 3.96. The maximum atomic E-state index is 4.69. The fourth-order valence-corrected chi connectivity index (χ4v) is 3.41. The van der Waals surface area contributed by atoms with Crippen LogP contribution in [0.4, 0.5) is 0 Å². The summed E-state index contributed by atoms with van der Waals surface area (Å²) in [4.78, 5) is 12.4. The minimum atomic E-state index is 0.613. The highest BCUT2D eigenvalue weighted by molar-refractivity contribution is 9.10. The lowest BCUT2D eigenvalue weighted by Gasteiger charge is -2.22. The number of aryl methyl sites for hydroxylation is 2. The lowest BCUT2D eigenvalue weighted by molar-refractivity contribution is 0.462. The van der Waals surface area contributed by atoms with E-state index >= 15 is 0 Å². The molecule has 0 amide bonds. The van der Waals surface area contributed by atoms with E-state index in [1.54, 1.807) is 11.3 Å². The normalized spacial score (nSPS) is 11.8. The Balaban J connectivity index is 2.07. The van der Waals surface area contributed by atoms with Crippen molar-refractivity contribution in [1.29, 1.82) is 0 Å². The van der Waals surface area contributed by atoms with Gasteiger partial charge in [-0.3, -0.25) is 0 Å². The first kappa shape index (κ1) is 17.0. The molecule has 0 spiro atoms.